The van der Waals surface area contributed by atoms with Crippen LogP contribution in [0.3, 0.4) is 0 Å². The molecule has 3 nitrogen and oxygen atoms in total. The van der Waals surface area contributed by atoms with Crippen molar-refractivity contribution in [1.29, 1.82) is 0 Å². The van der Waals surface area contributed by atoms with Crippen LogP contribution < -0.4 is 5.48 Å². The molecule has 0 aliphatic heterocycles. The molecule has 1 aromatic carbocycles. The lowest BCUT2D eigenvalue weighted by Crippen LogP contribution is -2.14. The molecule has 0 aliphatic carbocycles. The van der Waals surface area contributed by atoms with Gasteiger partial charge in [-0.05, 0) is 38.0 Å². The van der Waals surface area contributed by atoms with Crippen molar-refractivity contribution in [1.82, 2.24) is 10.0 Å². The van der Waals surface area contributed by atoms with Crippen LogP contribution >= 0.6 is 0 Å². The van der Waals surface area contributed by atoms with Crippen molar-refractivity contribution in [3.05, 3.63) is 58.9 Å². The summed E-state index contributed by atoms with van der Waals surface area (Å²) < 4.78 is 2.31. The van der Waals surface area contributed by atoms with Crippen LogP contribution in [-0.4, -0.2) is 4.57 Å². The lowest BCUT2D eigenvalue weighted by molar-refractivity contribution is 0.0234. The lowest BCUT2D eigenvalue weighted by Gasteiger charge is -2.07. The van der Waals surface area contributed by atoms with Gasteiger partial charge in [0.05, 0.1) is 6.61 Å². The molecule has 0 fully saturated rings. The number of hydrogen-bond acceptors (Lipinski definition) is 2. The number of hydrogen-bond donors (Lipinski definition) is 1. The summed E-state index contributed by atoms with van der Waals surface area (Å²) in [7, 11) is 0. The first-order valence-electron chi connectivity index (χ1n) is 6.76. The molecule has 0 spiro atoms. The Morgan fingerprint density at radius 3 is 2.53 bits per heavy atom. The zero-order chi connectivity index (χ0) is 13.7. The van der Waals surface area contributed by atoms with Crippen LogP contribution in [0.15, 0.2) is 36.4 Å². The van der Waals surface area contributed by atoms with Gasteiger partial charge in [-0.2, -0.15) is 5.48 Å². The third-order valence-corrected chi connectivity index (χ3v) is 3.44. The minimum absolute atomic E-state index is 0.591. The highest BCUT2D eigenvalue weighted by molar-refractivity contribution is 5.26. The quantitative estimate of drug-likeness (QED) is 0.635. The van der Waals surface area contributed by atoms with Gasteiger partial charge in [0.2, 0.25) is 0 Å². The van der Waals surface area contributed by atoms with Crippen LogP contribution in [0.1, 0.15) is 29.4 Å². The largest absolute Gasteiger partial charge is 0.349 e. The van der Waals surface area contributed by atoms with Gasteiger partial charge in [-0.3, -0.25) is 4.84 Å². The van der Waals surface area contributed by atoms with Gasteiger partial charge in [-0.25, -0.2) is 0 Å². The van der Waals surface area contributed by atoms with Gasteiger partial charge in [0.25, 0.3) is 0 Å². The van der Waals surface area contributed by atoms with Gasteiger partial charge in [0, 0.05) is 24.5 Å². The molecule has 102 valence electrons. The number of nitrogens with one attached hydrogen (secondary N) is 1. The number of rotatable bonds is 6. The van der Waals surface area contributed by atoms with E-state index in [1.807, 2.05) is 18.2 Å². The van der Waals surface area contributed by atoms with Crippen LogP contribution in [0.2, 0.25) is 0 Å². The van der Waals surface area contributed by atoms with Crippen LogP contribution in [0.4, 0.5) is 0 Å². The van der Waals surface area contributed by atoms with Crippen molar-refractivity contribution in [2.75, 3.05) is 0 Å². The Kier molecular flexibility index (Phi) is 4.77. The summed E-state index contributed by atoms with van der Waals surface area (Å²) in [6.45, 7) is 8.82. The van der Waals surface area contributed by atoms with E-state index in [1.165, 1.54) is 22.5 Å². The summed E-state index contributed by atoms with van der Waals surface area (Å²) in [5.41, 5.74) is 8.14. The molecule has 0 radical (unpaired) electrons. The van der Waals surface area contributed by atoms with Crippen molar-refractivity contribution in [3.8, 4) is 0 Å². The van der Waals surface area contributed by atoms with E-state index >= 15 is 0 Å². The molecule has 0 unspecified atom stereocenters. The maximum Gasteiger partial charge on any atom is 0.0933 e. The zero-order valence-corrected chi connectivity index (χ0v) is 11.9. The molecule has 1 heterocycles. The first-order chi connectivity index (χ1) is 9.22. The van der Waals surface area contributed by atoms with Crippen molar-refractivity contribution in [2.45, 2.75) is 40.5 Å². The first kappa shape index (κ1) is 13.8. The fraction of sp³-hybridized carbons (Fsp3) is 0.375. The van der Waals surface area contributed by atoms with E-state index in [0.29, 0.717) is 6.61 Å². The Balaban J connectivity index is 1.83. The average Bonchev–Trinajstić information content (AvgIpc) is 2.70. The van der Waals surface area contributed by atoms with Gasteiger partial charge in [-0.1, -0.05) is 30.3 Å². The minimum atomic E-state index is 0.591. The maximum atomic E-state index is 5.50. The average molecular weight is 258 g/mol. The number of benzene rings is 1. The Hall–Kier alpha value is -1.58. The third-order valence-electron chi connectivity index (χ3n) is 3.44. The van der Waals surface area contributed by atoms with Crippen LogP contribution in [0, 0.1) is 13.8 Å². The van der Waals surface area contributed by atoms with Crippen molar-refractivity contribution < 1.29 is 4.84 Å². The third kappa shape index (κ3) is 3.46. The molecule has 0 atom stereocenters. The summed E-state index contributed by atoms with van der Waals surface area (Å²) in [5, 5.41) is 0. The first-order valence-corrected chi connectivity index (χ1v) is 6.76. The summed E-state index contributed by atoms with van der Waals surface area (Å²) in [5.74, 6) is 0. The highest BCUT2D eigenvalue weighted by atomic mass is 16.6. The number of nitrogens with zero attached hydrogens (tertiary/aromatic N) is 1. The Morgan fingerprint density at radius 1 is 1.16 bits per heavy atom. The Morgan fingerprint density at radius 2 is 1.89 bits per heavy atom. The molecule has 0 bridgehead atoms. The molecule has 3 heteroatoms. The van der Waals surface area contributed by atoms with E-state index in [4.69, 9.17) is 4.84 Å². The summed E-state index contributed by atoms with van der Waals surface area (Å²) >= 11 is 0. The van der Waals surface area contributed by atoms with Gasteiger partial charge in [0.15, 0.2) is 0 Å². The SMILES string of the molecule is CCn1c(C)cc(CNOCc2ccccc2)c1C. The van der Waals surface area contributed by atoms with Crippen LogP contribution in [0.5, 0.6) is 0 Å². The Bertz CT molecular complexity index is 517. The highest BCUT2D eigenvalue weighted by Crippen LogP contribution is 2.14. The number of hydroxylamine groups is 1. The van der Waals surface area contributed by atoms with E-state index < -0.39 is 0 Å². The van der Waals surface area contributed by atoms with Gasteiger partial charge >= 0.3 is 0 Å². The second kappa shape index (κ2) is 6.55. The second-order valence-electron chi connectivity index (χ2n) is 4.74. The zero-order valence-electron chi connectivity index (χ0n) is 11.9. The van der Waals surface area contributed by atoms with E-state index in [2.05, 4.69) is 49.0 Å². The monoisotopic (exact) mass is 258 g/mol. The molecular weight excluding hydrogens is 236 g/mol. The smallest absolute Gasteiger partial charge is 0.0933 e. The normalized spacial score (nSPS) is 10.9. The molecule has 0 saturated carbocycles. The molecule has 2 aromatic rings. The van der Waals surface area contributed by atoms with Gasteiger partial charge < -0.3 is 4.57 Å². The fourth-order valence-corrected chi connectivity index (χ4v) is 2.38. The summed E-state index contributed by atoms with van der Waals surface area (Å²) in [6.07, 6.45) is 0. The molecule has 0 amide bonds. The maximum absolute atomic E-state index is 5.50. The molecule has 0 aliphatic rings. The molecule has 2 rings (SSSR count). The van der Waals surface area contributed by atoms with E-state index in [-0.39, 0.29) is 0 Å². The summed E-state index contributed by atoms with van der Waals surface area (Å²) in [4.78, 5) is 5.50. The van der Waals surface area contributed by atoms with Crippen LogP contribution in [0.25, 0.3) is 0 Å². The van der Waals surface area contributed by atoms with Gasteiger partial charge in [-0.15, -0.1) is 0 Å². The molecule has 0 saturated heterocycles. The number of aromatic nitrogens is 1. The Labute approximate surface area is 115 Å². The minimum Gasteiger partial charge on any atom is -0.349 e. The molecule has 19 heavy (non-hydrogen) atoms. The standard InChI is InChI=1S/C16H22N2O/c1-4-18-13(2)10-16(14(18)3)11-17-19-12-15-8-6-5-7-9-15/h5-10,17H,4,11-12H2,1-3H3. The predicted molar refractivity (Wildman–Crippen MR) is 77.7 cm³/mol. The van der Waals surface area contributed by atoms with Crippen molar-refractivity contribution in [3.63, 3.8) is 0 Å². The topological polar surface area (TPSA) is 26.2 Å². The van der Waals surface area contributed by atoms with E-state index in [9.17, 15) is 0 Å². The van der Waals surface area contributed by atoms with Gasteiger partial charge in [0.1, 0.15) is 0 Å². The van der Waals surface area contributed by atoms with E-state index in [0.717, 1.165) is 13.1 Å². The fourth-order valence-electron chi connectivity index (χ4n) is 2.38. The highest BCUT2D eigenvalue weighted by Gasteiger charge is 2.06. The van der Waals surface area contributed by atoms with E-state index in [1.54, 1.807) is 0 Å². The molecule has 1 aromatic heterocycles. The lowest BCUT2D eigenvalue weighted by atomic mass is 10.2. The number of aryl methyl sites for hydroxylation is 1. The molecule has 1 N–H and O–H groups in total. The van der Waals surface area contributed by atoms with Crippen molar-refractivity contribution in [2.24, 2.45) is 0 Å². The van der Waals surface area contributed by atoms with Crippen LogP contribution in [-0.2, 0) is 24.5 Å². The predicted octanol–water partition coefficient (Wildman–Crippen LogP) is 3.35. The van der Waals surface area contributed by atoms with Crippen molar-refractivity contribution >= 4 is 0 Å². The summed E-state index contributed by atoms with van der Waals surface area (Å²) in [6, 6.07) is 12.4. The second-order valence-corrected chi connectivity index (χ2v) is 4.74. The molecular formula is C16H22N2O.